The van der Waals surface area contributed by atoms with Gasteiger partial charge < -0.3 is 10.1 Å². The predicted molar refractivity (Wildman–Crippen MR) is 44.4 cm³/mol. The summed E-state index contributed by atoms with van der Waals surface area (Å²) in [5.41, 5.74) is -0.151. The zero-order chi connectivity index (χ0) is 8.91. The van der Waals surface area contributed by atoms with E-state index < -0.39 is 0 Å². The van der Waals surface area contributed by atoms with Crippen LogP contribution < -0.4 is 5.32 Å². The van der Waals surface area contributed by atoms with Crippen molar-refractivity contribution in [3.63, 3.8) is 0 Å². The van der Waals surface area contributed by atoms with Gasteiger partial charge in [0.05, 0.1) is 0 Å². The van der Waals surface area contributed by atoms with Crippen LogP contribution in [-0.4, -0.2) is 25.2 Å². The first-order valence-electron chi connectivity index (χ1n) is 3.75. The van der Waals surface area contributed by atoms with E-state index in [0.717, 1.165) is 6.42 Å². The van der Waals surface area contributed by atoms with Gasteiger partial charge in [-0.15, -0.1) is 0 Å². The van der Waals surface area contributed by atoms with Gasteiger partial charge in [0.25, 0.3) is 0 Å². The van der Waals surface area contributed by atoms with Gasteiger partial charge in [0, 0.05) is 26.2 Å². The summed E-state index contributed by atoms with van der Waals surface area (Å²) in [5.74, 6) is 0.00565. The Balaban J connectivity index is 3.70. The van der Waals surface area contributed by atoms with Crippen LogP contribution in [0, 0.1) is 0 Å². The van der Waals surface area contributed by atoms with Crippen LogP contribution in [0.3, 0.4) is 0 Å². The average Bonchev–Trinajstić information content (AvgIpc) is 1.81. The molecule has 1 N–H and O–H groups in total. The molecule has 1 amide bonds. The molecule has 0 aliphatic rings. The monoisotopic (exact) mass is 159 g/mol. The molecule has 0 aromatic carbocycles. The Hall–Kier alpha value is -0.570. The molecule has 0 aromatic heterocycles. The summed E-state index contributed by atoms with van der Waals surface area (Å²) in [6, 6.07) is 0. The smallest absolute Gasteiger partial charge is 0.217 e. The third-order valence-corrected chi connectivity index (χ3v) is 1.45. The van der Waals surface area contributed by atoms with Gasteiger partial charge in [-0.25, -0.2) is 0 Å². The molecule has 0 rings (SSSR count). The minimum Gasteiger partial charge on any atom is -0.385 e. The van der Waals surface area contributed by atoms with E-state index >= 15 is 0 Å². The second kappa shape index (κ2) is 4.34. The van der Waals surface area contributed by atoms with Crippen molar-refractivity contribution in [3.05, 3.63) is 0 Å². The van der Waals surface area contributed by atoms with Crippen LogP contribution in [0.2, 0.25) is 0 Å². The summed E-state index contributed by atoms with van der Waals surface area (Å²) in [4.78, 5) is 10.7. The van der Waals surface area contributed by atoms with Crippen LogP contribution in [0.1, 0.15) is 27.2 Å². The van der Waals surface area contributed by atoms with E-state index in [2.05, 4.69) is 5.32 Å². The van der Waals surface area contributed by atoms with E-state index in [-0.39, 0.29) is 11.4 Å². The molecule has 0 unspecified atom stereocenters. The molecule has 0 aromatic rings. The number of ether oxygens (including phenoxy) is 1. The van der Waals surface area contributed by atoms with Crippen LogP contribution in [-0.2, 0) is 9.53 Å². The first-order valence-corrected chi connectivity index (χ1v) is 3.75. The Morgan fingerprint density at radius 2 is 2.09 bits per heavy atom. The summed E-state index contributed by atoms with van der Waals surface area (Å²) >= 11 is 0. The molecular weight excluding hydrogens is 142 g/mol. The Labute approximate surface area is 68.1 Å². The quantitative estimate of drug-likeness (QED) is 0.663. The molecular formula is C8H17NO2. The lowest BCUT2D eigenvalue weighted by Crippen LogP contribution is -2.42. The number of amides is 1. The van der Waals surface area contributed by atoms with E-state index in [0.29, 0.717) is 6.61 Å². The van der Waals surface area contributed by atoms with Gasteiger partial charge in [0.2, 0.25) is 5.91 Å². The average molecular weight is 159 g/mol. The van der Waals surface area contributed by atoms with E-state index in [1.807, 2.05) is 13.8 Å². The summed E-state index contributed by atoms with van der Waals surface area (Å²) in [7, 11) is 1.66. The topological polar surface area (TPSA) is 38.3 Å². The maximum absolute atomic E-state index is 10.7. The molecule has 0 spiro atoms. The molecule has 3 heteroatoms. The molecule has 0 aliphatic carbocycles. The molecule has 0 fully saturated rings. The van der Waals surface area contributed by atoms with Gasteiger partial charge in [0.15, 0.2) is 0 Å². The maximum atomic E-state index is 10.7. The van der Waals surface area contributed by atoms with Crippen molar-refractivity contribution in [1.29, 1.82) is 0 Å². The van der Waals surface area contributed by atoms with Gasteiger partial charge in [-0.05, 0) is 20.3 Å². The van der Waals surface area contributed by atoms with E-state index in [9.17, 15) is 4.79 Å². The molecule has 0 heterocycles. The van der Waals surface area contributed by atoms with Crippen molar-refractivity contribution >= 4 is 5.91 Å². The Morgan fingerprint density at radius 3 is 2.45 bits per heavy atom. The molecule has 0 bridgehead atoms. The number of nitrogens with one attached hydrogen (secondary N) is 1. The summed E-state index contributed by atoms with van der Waals surface area (Å²) in [6.07, 6.45) is 0.836. The summed E-state index contributed by atoms with van der Waals surface area (Å²) < 4.78 is 4.91. The van der Waals surface area contributed by atoms with Crippen LogP contribution in [0.15, 0.2) is 0 Å². The van der Waals surface area contributed by atoms with Crippen LogP contribution in [0.4, 0.5) is 0 Å². The predicted octanol–water partition coefficient (Wildman–Crippen LogP) is 0.938. The Kier molecular flexibility index (Phi) is 4.11. The normalized spacial score (nSPS) is 11.3. The third-order valence-electron chi connectivity index (χ3n) is 1.45. The summed E-state index contributed by atoms with van der Waals surface area (Å²) in [6.45, 7) is 6.16. The van der Waals surface area contributed by atoms with Crippen LogP contribution in [0.25, 0.3) is 0 Å². The largest absolute Gasteiger partial charge is 0.385 e. The van der Waals surface area contributed by atoms with Gasteiger partial charge in [-0.2, -0.15) is 0 Å². The number of carbonyl (C=O) groups is 1. The zero-order valence-corrected chi connectivity index (χ0v) is 7.73. The maximum Gasteiger partial charge on any atom is 0.217 e. The molecule has 0 saturated heterocycles. The fourth-order valence-electron chi connectivity index (χ4n) is 0.896. The fraction of sp³-hybridized carbons (Fsp3) is 0.875. The number of hydrogen-bond donors (Lipinski definition) is 1. The lowest BCUT2D eigenvalue weighted by atomic mass is 10.0. The first kappa shape index (κ1) is 10.4. The minimum absolute atomic E-state index is 0.00565. The molecule has 3 nitrogen and oxygen atoms in total. The highest BCUT2D eigenvalue weighted by Crippen LogP contribution is 2.07. The third kappa shape index (κ3) is 5.85. The molecule has 11 heavy (non-hydrogen) atoms. The highest BCUT2D eigenvalue weighted by molar-refractivity contribution is 5.73. The molecule has 0 aliphatic heterocycles. The van der Waals surface area contributed by atoms with Crippen molar-refractivity contribution in [1.82, 2.24) is 5.32 Å². The fourth-order valence-corrected chi connectivity index (χ4v) is 0.896. The first-order chi connectivity index (χ1) is 4.98. The number of rotatable bonds is 4. The number of carbonyl (C=O) groups excluding carboxylic acids is 1. The van der Waals surface area contributed by atoms with Crippen LogP contribution in [0.5, 0.6) is 0 Å². The van der Waals surface area contributed by atoms with Crippen LogP contribution >= 0.6 is 0 Å². The van der Waals surface area contributed by atoms with Crippen molar-refractivity contribution in [3.8, 4) is 0 Å². The van der Waals surface area contributed by atoms with Gasteiger partial charge in [-0.3, -0.25) is 4.79 Å². The second-order valence-corrected chi connectivity index (χ2v) is 3.31. The standard InChI is InChI=1S/C8H17NO2/c1-7(10)9-8(2,3)5-6-11-4/h5-6H2,1-4H3,(H,9,10). The van der Waals surface area contributed by atoms with Crippen molar-refractivity contribution < 1.29 is 9.53 Å². The van der Waals surface area contributed by atoms with Crippen molar-refractivity contribution in [2.24, 2.45) is 0 Å². The highest BCUT2D eigenvalue weighted by Gasteiger charge is 2.17. The van der Waals surface area contributed by atoms with Gasteiger partial charge >= 0.3 is 0 Å². The van der Waals surface area contributed by atoms with Crippen molar-refractivity contribution in [2.45, 2.75) is 32.7 Å². The SMILES string of the molecule is COCCC(C)(C)NC(C)=O. The van der Waals surface area contributed by atoms with Crippen molar-refractivity contribution in [2.75, 3.05) is 13.7 Å². The molecule has 0 radical (unpaired) electrons. The number of methoxy groups -OCH3 is 1. The lowest BCUT2D eigenvalue weighted by molar-refractivity contribution is -0.120. The molecule has 0 saturated carbocycles. The second-order valence-electron chi connectivity index (χ2n) is 3.31. The summed E-state index contributed by atoms with van der Waals surface area (Å²) in [5, 5.41) is 2.84. The minimum atomic E-state index is -0.151. The molecule has 66 valence electrons. The molecule has 0 atom stereocenters. The Bertz CT molecular complexity index is 132. The van der Waals surface area contributed by atoms with E-state index in [1.165, 1.54) is 6.92 Å². The highest BCUT2D eigenvalue weighted by atomic mass is 16.5. The van der Waals surface area contributed by atoms with Gasteiger partial charge in [-0.1, -0.05) is 0 Å². The zero-order valence-electron chi connectivity index (χ0n) is 7.73. The Morgan fingerprint density at radius 1 is 1.55 bits per heavy atom. The lowest BCUT2D eigenvalue weighted by Gasteiger charge is -2.24. The number of hydrogen-bond acceptors (Lipinski definition) is 2. The van der Waals surface area contributed by atoms with Gasteiger partial charge in [0.1, 0.15) is 0 Å². The van der Waals surface area contributed by atoms with E-state index in [1.54, 1.807) is 7.11 Å². The van der Waals surface area contributed by atoms with E-state index in [4.69, 9.17) is 4.74 Å².